The molecule has 0 saturated carbocycles. The molecule has 0 spiro atoms. The van der Waals surface area contributed by atoms with Gasteiger partial charge in [0.05, 0.1) is 4.87 Å². The van der Waals surface area contributed by atoms with E-state index in [-0.39, 0.29) is 4.87 Å². The summed E-state index contributed by atoms with van der Waals surface area (Å²) < 4.78 is 0. The average Bonchev–Trinajstić information content (AvgIpc) is 2.50. The van der Waals surface area contributed by atoms with Crippen molar-refractivity contribution in [2.24, 2.45) is 0 Å². The minimum absolute atomic E-state index is 0.127. The van der Waals surface area contributed by atoms with Crippen LogP contribution in [-0.4, -0.2) is 12.3 Å². The van der Waals surface area contributed by atoms with Crippen molar-refractivity contribution in [2.75, 3.05) is 12.3 Å². The molecule has 0 radical (unpaired) electrons. The van der Waals surface area contributed by atoms with E-state index < -0.39 is 0 Å². The molecular formula is C13H19NS. The quantitative estimate of drug-likeness (QED) is 0.782. The maximum atomic E-state index is 3.61. The van der Waals surface area contributed by atoms with E-state index in [1.165, 1.54) is 28.0 Å². The Labute approximate surface area is 96.7 Å². The molecule has 2 heteroatoms. The van der Waals surface area contributed by atoms with Crippen LogP contribution in [0.15, 0.2) is 12.1 Å². The molecule has 1 aromatic carbocycles. The molecule has 0 aromatic heterocycles. The Balaban J connectivity index is 2.52. The number of aryl methyl sites for hydroxylation is 3. The number of hydrogen-bond donors (Lipinski definition) is 1. The highest BCUT2D eigenvalue weighted by Gasteiger charge is 2.33. The first-order chi connectivity index (χ1) is 7.03. The fourth-order valence-corrected chi connectivity index (χ4v) is 3.97. The third kappa shape index (κ3) is 1.93. The molecule has 0 aliphatic carbocycles. The number of rotatable bonds is 1. The maximum absolute atomic E-state index is 3.61. The van der Waals surface area contributed by atoms with Crippen molar-refractivity contribution < 1.29 is 0 Å². The van der Waals surface area contributed by atoms with Crippen molar-refractivity contribution in [3.8, 4) is 0 Å². The largest absolute Gasteiger partial charge is 0.298 e. The molecule has 0 bridgehead atoms. The number of thioether (sulfide) groups is 1. The lowest BCUT2D eigenvalue weighted by Gasteiger charge is -2.28. The number of hydrogen-bond acceptors (Lipinski definition) is 2. The molecule has 2 rings (SSSR count). The SMILES string of the molecule is Cc1cc(C)c(C2(C)NCCS2)c(C)c1. The van der Waals surface area contributed by atoms with Crippen LogP contribution >= 0.6 is 11.8 Å². The van der Waals surface area contributed by atoms with Gasteiger partial charge in [-0.3, -0.25) is 5.32 Å². The highest BCUT2D eigenvalue weighted by molar-refractivity contribution is 8.00. The van der Waals surface area contributed by atoms with Crippen LogP contribution in [-0.2, 0) is 4.87 Å². The van der Waals surface area contributed by atoms with Gasteiger partial charge in [-0.15, -0.1) is 11.8 Å². The summed E-state index contributed by atoms with van der Waals surface area (Å²) in [4.78, 5) is 0.127. The fraction of sp³-hybridized carbons (Fsp3) is 0.538. The van der Waals surface area contributed by atoms with Gasteiger partial charge in [0, 0.05) is 12.3 Å². The van der Waals surface area contributed by atoms with Gasteiger partial charge in [0.1, 0.15) is 0 Å². The highest BCUT2D eigenvalue weighted by Crippen LogP contribution is 2.40. The zero-order valence-corrected chi connectivity index (χ0v) is 10.8. The lowest BCUT2D eigenvalue weighted by molar-refractivity contribution is 0.568. The summed E-state index contributed by atoms with van der Waals surface area (Å²) in [6.07, 6.45) is 0. The van der Waals surface area contributed by atoms with E-state index in [4.69, 9.17) is 0 Å². The van der Waals surface area contributed by atoms with E-state index in [2.05, 4.69) is 45.1 Å². The molecular weight excluding hydrogens is 202 g/mol. The van der Waals surface area contributed by atoms with E-state index in [1.807, 2.05) is 11.8 Å². The normalized spacial score (nSPS) is 25.9. The second-order valence-electron chi connectivity index (χ2n) is 4.58. The van der Waals surface area contributed by atoms with Crippen molar-refractivity contribution >= 4 is 11.8 Å². The first-order valence-electron chi connectivity index (χ1n) is 5.50. The summed E-state index contributed by atoms with van der Waals surface area (Å²) in [5, 5.41) is 3.61. The zero-order chi connectivity index (χ0) is 11.1. The first-order valence-corrected chi connectivity index (χ1v) is 6.49. The second kappa shape index (κ2) is 3.84. The predicted octanol–water partition coefficient (Wildman–Crippen LogP) is 3.12. The van der Waals surface area contributed by atoms with Crippen LogP contribution in [0.2, 0.25) is 0 Å². The van der Waals surface area contributed by atoms with Gasteiger partial charge in [0.2, 0.25) is 0 Å². The van der Waals surface area contributed by atoms with Crippen molar-refractivity contribution in [1.29, 1.82) is 0 Å². The molecule has 1 atom stereocenters. The average molecular weight is 221 g/mol. The summed E-state index contributed by atoms with van der Waals surface area (Å²) in [6.45, 7) is 10.0. The maximum Gasteiger partial charge on any atom is 0.0878 e. The molecule has 15 heavy (non-hydrogen) atoms. The predicted molar refractivity (Wildman–Crippen MR) is 68.5 cm³/mol. The molecule has 1 aromatic rings. The lowest BCUT2D eigenvalue weighted by Crippen LogP contribution is -2.32. The van der Waals surface area contributed by atoms with Crippen LogP contribution in [0, 0.1) is 20.8 Å². The molecule has 1 fully saturated rings. The Morgan fingerprint density at radius 2 is 1.80 bits per heavy atom. The minimum Gasteiger partial charge on any atom is -0.298 e. The summed E-state index contributed by atoms with van der Waals surface area (Å²) in [5.74, 6) is 1.21. The van der Waals surface area contributed by atoms with Gasteiger partial charge in [-0.2, -0.15) is 0 Å². The Kier molecular flexibility index (Phi) is 2.82. The molecule has 1 unspecified atom stereocenters. The van der Waals surface area contributed by atoms with Gasteiger partial charge in [0.25, 0.3) is 0 Å². The van der Waals surface area contributed by atoms with Gasteiger partial charge in [0.15, 0.2) is 0 Å². The second-order valence-corrected chi connectivity index (χ2v) is 6.10. The monoisotopic (exact) mass is 221 g/mol. The van der Waals surface area contributed by atoms with Crippen molar-refractivity contribution in [3.05, 3.63) is 34.4 Å². The van der Waals surface area contributed by atoms with Crippen LogP contribution in [0.25, 0.3) is 0 Å². The zero-order valence-electron chi connectivity index (χ0n) is 9.98. The van der Waals surface area contributed by atoms with E-state index in [9.17, 15) is 0 Å². The molecule has 82 valence electrons. The van der Waals surface area contributed by atoms with E-state index in [0.29, 0.717) is 0 Å². The Bertz CT molecular complexity index is 355. The van der Waals surface area contributed by atoms with E-state index in [1.54, 1.807) is 0 Å². The third-order valence-electron chi connectivity index (χ3n) is 3.11. The van der Waals surface area contributed by atoms with E-state index >= 15 is 0 Å². The van der Waals surface area contributed by atoms with Gasteiger partial charge in [-0.25, -0.2) is 0 Å². The molecule has 1 aliphatic rings. The Morgan fingerprint density at radius 3 is 2.27 bits per heavy atom. The smallest absolute Gasteiger partial charge is 0.0878 e. The molecule has 0 amide bonds. The first kappa shape index (κ1) is 11.0. The molecule has 1 N–H and O–H groups in total. The Hall–Kier alpha value is -0.470. The van der Waals surface area contributed by atoms with Crippen LogP contribution in [0.4, 0.5) is 0 Å². The van der Waals surface area contributed by atoms with Crippen LogP contribution in [0.1, 0.15) is 29.2 Å². The molecule has 1 saturated heterocycles. The lowest BCUT2D eigenvalue weighted by atomic mass is 9.94. The van der Waals surface area contributed by atoms with Crippen LogP contribution in [0.5, 0.6) is 0 Å². The summed E-state index contributed by atoms with van der Waals surface area (Å²) in [6, 6.07) is 4.57. The summed E-state index contributed by atoms with van der Waals surface area (Å²) >= 11 is 2.02. The number of benzene rings is 1. The van der Waals surface area contributed by atoms with Crippen LogP contribution in [0.3, 0.4) is 0 Å². The van der Waals surface area contributed by atoms with Crippen LogP contribution < -0.4 is 5.32 Å². The summed E-state index contributed by atoms with van der Waals surface area (Å²) in [5.41, 5.74) is 5.67. The van der Waals surface area contributed by atoms with Crippen molar-refractivity contribution in [2.45, 2.75) is 32.6 Å². The third-order valence-corrected chi connectivity index (χ3v) is 4.44. The standard InChI is InChI=1S/C13H19NS/c1-9-7-10(2)12(11(3)8-9)13(4)14-5-6-15-13/h7-8,14H,5-6H2,1-4H3. The van der Waals surface area contributed by atoms with Gasteiger partial charge < -0.3 is 0 Å². The molecule has 1 aliphatic heterocycles. The van der Waals surface area contributed by atoms with Gasteiger partial charge >= 0.3 is 0 Å². The highest BCUT2D eigenvalue weighted by atomic mass is 32.2. The summed E-state index contributed by atoms with van der Waals surface area (Å²) in [7, 11) is 0. The number of nitrogens with one attached hydrogen (secondary N) is 1. The molecule has 1 nitrogen and oxygen atoms in total. The van der Waals surface area contributed by atoms with Gasteiger partial charge in [-0.05, 0) is 44.4 Å². The minimum atomic E-state index is 0.127. The fourth-order valence-electron chi connectivity index (χ4n) is 2.69. The van der Waals surface area contributed by atoms with Gasteiger partial charge in [-0.1, -0.05) is 17.7 Å². The topological polar surface area (TPSA) is 12.0 Å². The van der Waals surface area contributed by atoms with Crippen molar-refractivity contribution in [3.63, 3.8) is 0 Å². The Morgan fingerprint density at radius 1 is 1.20 bits per heavy atom. The van der Waals surface area contributed by atoms with E-state index in [0.717, 1.165) is 6.54 Å². The van der Waals surface area contributed by atoms with Crippen molar-refractivity contribution in [1.82, 2.24) is 5.32 Å². The molecule has 1 heterocycles.